The Hall–Kier alpha value is -0.880. The van der Waals surface area contributed by atoms with E-state index in [0.717, 1.165) is 18.6 Å². The van der Waals surface area contributed by atoms with Crippen LogP contribution in [0.1, 0.15) is 43.5 Å². The summed E-state index contributed by atoms with van der Waals surface area (Å²) in [4.78, 5) is 15.9. The van der Waals surface area contributed by atoms with Crippen molar-refractivity contribution < 1.29 is 14.1 Å². The third-order valence-corrected chi connectivity index (χ3v) is 3.85. The van der Waals surface area contributed by atoms with Crippen molar-refractivity contribution in [2.24, 2.45) is 0 Å². The fraction of sp³-hybridized carbons (Fsp3) is 0.727. The molecule has 17 heavy (non-hydrogen) atoms. The van der Waals surface area contributed by atoms with E-state index in [0.29, 0.717) is 17.5 Å². The van der Waals surface area contributed by atoms with Crippen LogP contribution in [0.5, 0.6) is 0 Å². The monoisotopic (exact) mass is 256 g/mol. The molecule has 0 radical (unpaired) electrons. The summed E-state index contributed by atoms with van der Waals surface area (Å²) in [7, 11) is 1.63. The Morgan fingerprint density at radius 2 is 2.47 bits per heavy atom. The van der Waals surface area contributed by atoms with Gasteiger partial charge in [0.25, 0.3) is 0 Å². The lowest BCUT2D eigenvalue weighted by molar-refractivity contribution is -0.117. The third kappa shape index (κ3) is 2.69. The number of thioether (sulfide) groups is 1. The maximum Gasteiger partial charge on any atom is 0.238 e. The van der Waals surface area contributed by atoms with Crippen LogP contribution in [-0.2, 0) is 9.53 Å². The standard InChI is InChI=1S/C11H16N2O3S/c1-3-4-9(15-2)10-12-11(16-13-10)7-5-17-6-8(7)14/h7,9H,3-6H2,1-2H3. The van der Waals surface area contributed by atoms with Crippen LogP contribution in [0.3, 0.4) is 0 Å². The molecule has 2 unspecified atom stereocenters. The first kappa shape index (κ1) is 12.6. The van der Waals surface area contributed by atoms with E-state index >= 15 is 0 Å². The molecule has 0 aromatic carbocycles. The average Bonchev–Trinajstić information content (AvgIpc) is 2.94. The summed E-state index contributed by atoms with van der Waals surface area (Å²) >= 11 is 1.61. The van der Waals surface area contributed by atoms with E-state index in [4.69, 9.17) is 9.26 Å². The zero-order chi connectivity index (χ0) is 12.3. The second-order valence-corrected chi connectivity index (χ2v) is 5.07. The third-order valence-electron chi connectivity index (χ3n) is 2.80. The molecule has 6 heteroatoms. The molecule has 2 heterocycles. The minimum atomic E-state index is -0.222. The van der Waals surface area contributed by atoms with E-state index < -0.39 is 0 Å². The number of carbonyl (C=O) groups is 1. The summed E-state index contributed by atoms with van der Waals surface area (Å²) in [6, 6.07) is 0. The van der Waals surface area contributed by atoms with E-state index in [1.807, 2.05) is 0 Å². The molecule has 1 aliphatic heterocycles. The largest absolute Gasteiger partial charge is 0.373 e. The molecule has 0 amide bonds. The van der Waals surface area contributed by atoms with Gasteiger partial charge in [-0.05, 0) is 6.42 Å². The first-order valence-electron chi connectivity index (χ1n) is 5.73. The van der Waals surface area contributed by atoms with Gasteiger partial charge >= 0.3 is 0 Å². The van der Waals surface area contributed by atoms with Gasteiger partial charge in [-0.1, -0.05) is 18.5 Å². The Balaban J connectivity index is 2.11. The number of hydrogen-bond acceptors (Lipinski definition) is 6. The topological polar surface area (TPSA) is 65.2 Å². The number of hydrogen-bond donors (Lipinski definition) is 0. The molecule has 1 saturated heterocycles. The Morgan fingerprint density at radius 3 is 3.06 bits per heavy atom. The highest BCUT2D eigenvalue weighted by molar-refractivity contribution is 8.00. The number of rotatable bonds is 5. The Kier molecular flexibility index (Phi) is 4.17. The summed E-state index contributed by atoms with van der Waals surface area (Å²) in [6.07, 6.45) is 1.70. The van der Waals surface area contributed by atoms with E-state index in [2.05, 4.69) is 17.1 Å². The molecule has 2 rings (SSSR count). The van der Waals surface area contributed by atoms with E-state index in [-0.39, 0.29) is 17.8 Å². The summed E-state index contributed by atoms with van der Waals surface area (Å²) in [5.74, 6) is 2.23. The summed E-state index contributed by atoms with van der Waals surface area (Å²) in [5.41, 5.74) is 0. The summed E-state index contributed by atoms with van der Waals surface area (Å²) in [5, 5.41) is 3.91. The van der Waals surface area contributed by atoms with Gasteiger partial charge in [0.1, 0.15) is 12.0 Å². The zero-order valence-corrected chi connectivity index (χ0v) is 10.8. The van der Waals surface area contributed by atoms with Crippen LogP contribution in [0.4, 0.5) is 0 Å². The molecular formula is C11H16N2O3S. The number of ketones is 1. The number of carbonyl (C=O) groups excluding carboxylic acids is 1. The summed E-state index contributed by atoms with van der Waals surface area (Å²) in [6.45, 7) is 2.07. The average molecular weight is 256 g/mol. The Morgan fingerprint density at radius 1 is 1.65 bits per heavy atom. The predicted octanol–water partition coefficient (Wildman–Crippen LogP) is 1.96. The van der Waals surface area contributed by atoms with Crippen molar-refractivity contribution in [3.8, 4) is 0 Å². The van der Waals surface area contributed by atoms with Gasteiger partial charge in [-0.15, -0.1) is 0 Å². The number of methoxy groups -OCH3 is 1. The van der Waals surface area contributed by atoms with Crippen LogP contribution < -0.4 is 0 Å². The van der Waals surface area contributed by atoms with Gasteiger partial charge in [-0.3, -0.25) is 4.79 Å². The molecule has 1 fully saturated rings. The minimum absolute atomic E-state index is 0.137. The number of Topliss-reactive ketones (excluding diaryl/α,β-unsaturated/α-hetero) is 1. The molecule has 1 aromatic heterocycles. The van der Waals surface area contributed by atoms with Crippen LogP contribution in [-0.4, -0.2) is 34.5 Å². The molecule has 0 saturated carbocycles. The van der Waals surface area contributed by atoms with Crippen molar-refractivity contribution in [1.29, 1.82) is 0 Å². The number of ether oxygens (including phenoxy) is 1. The van der Waals surface area contributed by atoms with Crippen LogP contribution in [0.2, 0.25) is 0 Å². The smallest absolute Gasteiger partial charge is 0.238 e. The fourth-order valence-corrected chi connectivity index (χ4v) is 2.90. The second kappa shape index (κ2) is 5.64. The molecule has 2 atom stereocenters. The fourth-order valence-electron chi connectivity index (χ4n) is 1.81. The van der Waals surface area contributed by atoms with Crippen molar-refractivity contribution in [3.63, 3.8) is 0 Å². The van der Waals surface area contributed by atoms with Gasteiger partial charge in [-0.25, -0.2) is 0 Å². The second-order valence-electron chi connectivity index (χ2n) is 4.04. The van der Waals surface area contributed by atoms with Crippen molar-refractivity contribution in [3.05, 3.63) is 11.7 Å². The van der Waals surface area contributed by atoms with Crippen LogP contribution in [0.25, 0.3) is 0 Å². The first-order chi connectivity index (χ1) is 8.26. The predicted molar refractivity (Wildman–Crippen MR) is 64.0 cm³/mol. The van der Waals surface area contributed by atoms with Crippen molar-refractivity contribution in [2.75, 3.05) is 18.6 Å². The normalized spacial score (nSPS) is 22.0. The van der Waals surface area contributed by atoms with Crippen LogP contribution in [0.15, 0.2) is 4.52 Å². The number of aromatic nitrogens is 2. The van der Waals surface area contributed by atoms with E-state index in [9.17, 15) is 4.79 Å². The van der Waals surface area contributed by atoms with Crippen molar-refractivity contribution >= 4 is 17.5 Å². The molecule has 0 bridgehead atoms. The zero-order valence-electron chi connectivity index (χ0n) is 10.0. The molecule has 1 aromatic rings. The highest BCUT2D eigenvalue weighted by Gasteiger charge is 2.32. The maximum absolute atomic E-state index is 11.6. The Labute approximate surface area is 104 Å². The highest BCUT2D eigenvalue weighted by Crippen LogP contribution is 2.29. The lowest BCUT2D eigenvalue weighted by Crippen LogP contribution is -2.10. The highest BCUT2D eigenvalue weighted by atomic mass is 32.2. The summed E-state index contributed by atoms with van der Waals surface area (Å²) < 4.78 is 10.5. The minimum Gasteiger partial charge on any atom is -0.373 e. The quantitative estimate of drug-likeness (QED) is 0.802. The van der Waals surface area contributed by atoms with Gasteiger partial charge in [0.05, 0.1) is 5.75 Å². The molecule has 0 aliphatic carbocycles. The molecule has 0 N–H and O–H groups in total. The SMILES string of the molecule is CCCC(OC)c1noc(C2CSCC2=O)n1. The first-order valence-corrected chi connectivity index (χ1v) is 6.88. The lowest BCUT2D eigenvalue weighted by atomic mass is 10.1. The molecule has 1 aliphatic rings. The van der Waals surface area contributed by atoms with Gasteiger partial charge in [-0.2, -0.15) is 16.7 Å². The lowest BCUT2D eigenvalue weighted by Gasteiger charge is -2.08. The molecule has 94 valence electrons. The van der Waals surface area contributed by atoms with Crippen molar-refractivity contribution in [1.82, 2.24) is 10.1 Å². The van der Waals surface area contributed by atoms with Gasteiger partial charge < -0.3 is 9.26 Å². The Bertz CT molecular complexity index is 394. The van der Waals surface area contributed by atoms with Gasteiger partial charge in [0.2, 0.25) is 11.7 Å². The molecule has 0 spiro atoms. The maximum atomic E-state index is 11.6. The molecular weight excluding hydrogens is 240 g/mol. The van der Waals surface area contributed by atoms with Crippen LogP contribution in [0, 0.1) is 0 Å². The van der Waals surface area contributed by atoms with Crippen LogP contribution >= 0.6 is 11.8 Å². The van der Waals surface area contributed by atoms with E-state index in [1.165, 1.54) is 0 Å². The van der Waals surface area contributed by atoms with Gasteiger partial charge in [0.15, 0.2) is 5.78 Å². The molecule has 5 nitrogen and oxygen atoms in total. The number of nitrogens with zero attached hydrogens (tertiary/aromatic N) is 2. The van der Waals surface area contributed by atoms with E-state index in [1.54, 1.807) is 18.9 Å². The van der Waals surface area contributed by atoms with Crippen molar-refractivity contribution in [2.45, 2.75) is 31.8 Å². The van der Waals surface area contributed by atoms with Gasteiger partial charge in [0, 0.05) is 12.9 Å².